The number of nitrogens with zero attached hydrogens (tertiary/aromatic N) is 2. The second-order valence-electron chi connectivity index (χ2n) is 10.3. The first-order valence-corrected chi connectivity index (χ1v) is 11.2. The zero-order valence-electron chi connectivity index (χ0n) is 17.9. The summed E-state index contributed by atoms with van der Waals surface area (Å²) < 4.78 is 0. The highest BCUT2D eigenvalue weighted by molar-refractivity contribution is 6.07. The van der Waals surface area contributed by atoms with Gasteiger partial charge in [-0.05, 0) is 44.2 Å². The lowest BCUT2D eigenvalue weighted by molar-refractivity contribution is -0.257. The fourth-order valence-electron chi connectivity index (χ4n) is 9.13. The van der Waals surface area contributed by atoms with Crippen LogP contribution in [0.1, 0.15) is 39.2 Å². The quantitative estimate of drug-likeness (QED) is 0.732. The number of likely N-dealkylation sites (N-methyl/N-ethyl adjacent to an activating group) is 1. The van der Waals surface area contributed by atoms with Crippen molar-refractivity contribution in [2.24, 2.45) is 23.2 Å². The fourth-order valence-corrected chi connectivity index (χ4v) is 9.13. The molecule has 5 aliphatic heterocycles. The molecule has 5 fully saturated rings. The number of carbonyl (C=O) groups excluding carboxylic acids is 2. The molecular weight excluding hydrogens is 380 g/mol. The van der Waals surface area contributed by atoms with Gasteiger partial charge >= 0.3 is 0 Å². The summed E-state index contributed by atoms with van der Waals surface area (Å²) in [5.74, 6) is -0.935. The van der Waals surface area contributed by atoms with Gasteiger partial charge in [0.2, 0.25) is 0 Å². The van der Waals surface area contributed by atoms with Crippen molar-refractivity contribution in [3.05, 3.63) is 29.8 Å². The molecule has 0 amide bonds. The van der Waals surface area contributed by atoms with E-state index < -0.39 is 29.2 Å². The molecule has 7 rings (SSSR count). The first-order chi connectivity index (χ1) is 14.3. The van der Waals surface area contributed by atoms with Crippen molar-refractivity contribution >= 4 is 17.3 Å². The molecule has 1 aromatic rings. The highest BCUT2D eigenvalue weighted by atomic mass is 16.3. The number of aliphatic hydroxyl groups is 2. The number of fused-ring (bicyclic) bond motifs is 2. The number of hydrogen-bond acceptors (Lipinski definition) is 6. The molecule has 1 aliphatic carbocycles. The van der Waals surface area contributed by atoms with Gasteiger partial charge in [-0.2, -0.15) is 0 Å². The summed E-state index contributed by atoms with van der Waals surface area (Å²) in [6.45, 7) is 5.11. The molecule has 6 nitrogen and oxygen atoms in total. The molecule has 1 saturated carbocycles. The van der Waals surface area contributed by atoms with Crippen LogP contribution in [0.15, 0.2) is 24.3 Å². The van der Waals surface area contributed by atoms with Gasteiger partial charge in [-0.15, -0.1) is 0 Å². The van der Waals surface area contributed by atoms with Gasteiger partial charge in [0.25, 0.3) is 0 Å². The van der Waals surface area contributed by atoms with Gasteiger partial charge < -0.3 is 15.1 Å². The smallest absolute Gasteiger partial charge is 0.145 e. The third-order valence-electron chi connectivity index (χ3n) is 9.81. The van der Waals surface area contributed by atoms with E-state index in [4.69, 9.17) is 0 Å². The van der Waals surface area contributed by atoms with Crippen molar-refractivity contribution in [3.63, 3.8) is 0 Å². The summed E-state index contributed by atoms with van der Waals surface area (Å²) >= 11 is 0. The molecular formula is C24H30N2O4. The minimum Gasteiger partial charge on any atom is -0.392 e. The highest BCUT2D eigenvalue weighted by Crippen LogP contribution is 2.73. The second kappa shape index (κ2) is 5.53. The Kier molecular flexibility index (Phi) is 3.50. The topological polar surface area (TPSA) is 81.1 Å². The molecule has 160 valence electrons. The lowest BCUT2D eigenvalue weighted by Gasteiger charge is -2.68. The Labute approximate surface area is 176 Å². The molecule has 5 bridgehead atoms. The molecule has 1 aromatic carbocycles. The molecule has 2 unspecified atom stereocenters. The number of aliphatic hydroxyl groups excluding tert-OH is 2. The van der Waals surface area contributed by atoms with E-state index in [1.54, 1.807) is 13.8 Å². The van der Waals surface area contributed by atoms with Crippen LogP contribution in [0.2, 0.25) is 0 Å². The fraction of sp³-hybridized carbons (Fsp3) is 0.667. The van der Waals surface area contributed by atoms with Crippen molar-refractivity contribution in [2.45, 2.75) is 69.5 Å². The molecule has 4 saturated heterocycles. The minimum atomic E-state index is -1.19. The van der Waals surface area contributed by atoms with E-state index in [1.165, 1.54) is 0 Å². The van der Waals surface area contributed by atoms with Gasteiger partial charge in [0.05, 0.1) is 18.2 Å². The van der Waals surface area contributed by atoms with Crippen LogP contribution in [0.3, 0.4) is 0 Å². The van der Waals surface area contributed by atoms with Crippen LogP contribution in [0.4, 0.5) is 5.69 Å². The van der Waals surface area contributed by atoms with E-state index >= 15 is 0 Å². The van der Waals surface area contributed by atoms with Gasteiger partial charge in [0.1, 0.15) is 23.2 Å². The zero-order chi connectivity index (χ0) is 21.3. The minimum absolute atomic E-state index is 0.00423. The number of ketones is 2. The van der Waals surface area contributed by atoms with Crippen LogP contribution in [-0.2, 0) is 15.0 Å². The van der Waals surface area contributed by atoms with Crippen LogP contribution in [0.25, 0.3) is 0 Å². The molecule has 1 spiro atoms. The van der Waals surface area contributed by atoms with E-state index in [-0.39, 0.29) is 41.4 Å². The van der Waals surface area contributed by atoms with Gasteiger partial charge in [-0.25, -0.2) is 0 Å². The van der Waals surface area contributed by atoms with Crippen LogP contribution in [-0.4, -0.2) is 64.2 Å². The van der Waals surface area contributed by atoms with Gasteiger partial charge in [-0.1, -0.05) is 25.1 Å². The van der Waals surface area contributed by atoms with Crippen molar-refractivity contribution < 1.29 is 19.8 Å². The summed E-state index contributed by atoms with van der Waals surface area (Å²) in [5.41, 5.74) is 0.503. The van der Waals surface area contributed by atoms with Gasteiger partial charge in [0.15, 0.2) is 0 Å². The number of para-hydroxylation sites is 1. The average molecular weight is 411 g/mol. The van der Waals surface area contributed by atoms with Crippen LogP contribution in [0, 0.1) is 23.2 Å². The van der Waals surface area contributed by atoms with Crippen LogP contribution < -0.4 is 4.90 Å². The predicted molar refractivity (Wildman–Crippen MR) is 111 cm³/mol. The Morgan fingerprint density at radius 2 is 1.80 bits per heavy atom. The van der Waals surface area contributed by atoms with Gasteiger partial charge in [-0.3, -0.25) is 14.5 Å². The first-order valence-electron chi connectivity index (χ1n) is 11.2. The molecule has 6 heteroatoms. The molecule has 30 heavy (non-hydrogen) atoms. The summed E-state index contributed by atoms with van der Waals surface area (Å²) in [6, 6.07) is 7.53. The zero-order valence-corrected chi connectivity index (χ0v) is 17.9. The van der Waals surface area contributed by atoms with E-state index in [2.05, 4.69) is 21.9 Å². The van der Waals surface area contributed by atoms with Crippen LogP contribution in [0.5, 0.6) is 0 Å². The number of hydrogen-bond donors (Lipinski definition) is 2. The number of piperidine rings is 4. The number of benzene rings is 1. The normalized spacial score (nSPS) is 48.6. The van der Waals surface area contributed by atoms with E-state index in [1.807, 2.05) is 26.1 Å². The van der Waals surface area contributed by atoms with Gasteiger partial charge in [0, 0.05) is 36.0 Å². The maximum atomic E-state index is 13.4. The maximum absolute atomic E-state index is 13.4. The molecule has 0 radical (unpaired) electrons. The number of anilines is 1. The summed E-state index contributed by atoms with van der Waals surface area (Å²) in [5, 5.41) is 23.4. The van der Waals surface area contributed by atoms with Crippen LogP contribution >= 0.6 is 0 Å². The molecule has 6 aliphatic rings. The lowest BCUT2D eigenvalue weighted by atomic mass is 9.47. The molecule has 10 atom stereocenters. The predicted octanol–water partition coefficient (Wildman–Crippen LogP) is 1.33. The first kappa shape index (κ1) is 19.0. The van der Waals surface area contributed by atoms with E-state index in [9.17, 15) is 19.8 Å². The lowest BCUT2D eigenvalue weighted by Crippen LogP contribution is -2.82. The van der Waals surface area contributed by atoms with E-state index in [0.717, 1.165) is 17.7 Å². The molecule has 2 N–H and O–H groups in total. The van der Waals surface area contributed by atoms with Crippen molar-refractivity contribution in [2.75, 3.05) is 11.9 Å². The number of carbonyl (C=O) groups is 2. The Balaban J connectivity index is 1.70. The Hall–Kier alpha value is -1.76. The maximum Gasteiger partial charge on any atom is 0.145 e. The Bertz CT molecular complexity index is 964. The molecule has 0 aromatic heterocycles. The standard InChI is InChI=1S/C24H30N2O4/c1-5-13-18-17-16-10-23(21(17)29)14-8-6-7-9-15(14)25(4)19(23)20(26(16)22(13)30)24(18,11(2)27)12(3)28/h6-9,13,16-22,29-30H,5,10H2,1-4H3/t13-,16-,17?,18+,19-,20+,21-,22+,23+/m0/s1. The third-order valence-corrected chi connectivity index (χ3v) is 9.81. The second-order valence-corrected chi connectivity index (χ2v) is 10.3. The molecule has 5 heterocycles. The van der Waals surface area contributed by atoms with Crippen molar-refractivity contribution in [1.29, 1.82) is 0 Å². The summed E-state index contributed by atoms with van der Waals surface area (Å²) in [7, 11) is 2.01. The number of Topliss-reactive ketones (excluding diaryl/α,β-unsaturated/α-hetero) is 2. The SMILES string of the molecule is CC[C@@H]1[C@@H](O)N2[C@H]3C[C@@]45c6ccccc6N(C)[C@H]4[C@@H]2C(C(C)=O)(C(C)=O)[C@H]1C3[C@@H]5O. The van der Waals surface area contributed by atoms with Crippen molar-refractivity contribution in [1.82, 2.24) is 4.90 Å². The third kappa shape index (κ3) is 1.60. The Morgan fingerprint density at radius 3 is 2.43 bits per heavy atom. The largest absolute Gasteiger partial charge is 0.392 e. The number of rotatable bonds is 3. The highest BCUT2D eigenvalue weighted by Gasteiger charge is 2.83. The Morgan fingerprint density at radius 1 is 1.13 bits per heavy atom. The average Bonchev–Trinajstić information content (AvgIpc) is 3.10. The van der Waals surface area contributed by atoms with Crippen molar-refractivity contribution in [3.8, 4) is 0 Å². The summed E-state index contributed by atoms with van der Waals surface area (Å²) in [4.78, 5) is 31.1. The summed E-state index contributed by atoms with van der Waals surface area (Å²) in [6.07, 6.45) is 0.117. The van der Waals surface area contributed by atoms with E-state index in [0.29, 0.717) is 6.42 Å². The monoisotopic (exact) mass is 410 g/mol.